The molecule has 1 aromatic heterocycles. The minimum Gasteiger partial charge on any atom is -0.481 e. The number of benzene rings is 2. The van der Waals surface area contributed by atoms with E-state index in [-0.39, 0.29) is 22.4 Å². The fraction of sp³-hybridized carbons (Fsp3) is 0.200. The van der Waals surface area contributed by atoms with Crippen molar-refractivity contribution >= 4 is 22.6 Å². The Labute approximate surface area is 170 Å². The fourth-order valence-electron chi connectivity index (χ4n) is 2.69. The SMILES string of the molecule is CC(Oc1ccc2c(C(F)(F)F)cc(=O)oc2c1)C(=O)Nc1ccc(C(F)(F)F)cc1. The molecule has 0 bridgehead atoms. The Balaban J connectivity index is 1.76. The van der Waals surface area contributed by atoms with Crippen molar-refractivity contribution < 1.29 is 40.3 Å². The lowest BCUT2D eigenvalue weighted by atomic mass is 10.1. The highest BCUT2D eigenvalue weighted by molar-refractivity contribution is 5.94. The molecule has 0 fully saturated rings. The second-order valence-electron chi connectivity index (χ2n) is 6.46. The molecule has 1 atom stereocenters. The molecule has 3 aromatic rings. The van der Waals surface area contributed by atoms with Crippen molar-refractivity contribution in [2.45, 2.75) is 25.4 Å². The zero-order valence-electron chi connectivity index (χ0n) is 15.6. The van der Waals surface area contributed by atoms with Gasteiger partial charge in [0.05, 0.1) is 11.1 Å². The van der Waals surface area contributed by atoms with Gasteiger partial charge in [-0.15, -0.1) is 0 Å². The Morgan fingerprint density at radius 2 is 1.61 bits per heavy atom. The summed E-state index contributed by atoms with van der Waals surface area (Å²) in [5.41, 5.74) is -3.55. The van der Waals surface area contributed by atoms with Gasteiger partial charge in [0.1, 0.15) is 11.3 Å². The number of nitrogens with one attached hydrogen (secondary N) is 1. The van der Waals surface area contributed by atoms with Crippen LogP contribution in [-0.2, 0) is 17.1 Å². The van der Waals surface area contributed by atoms with Gasteiger partial charge >= 0.3 is 18.0 Å². The largest absolute Gasteiger partial charge is 0.481 e. The van der Waals surface area contributed by atoms with Gasteiger partial charge in [-0.25, -0.2) is 4.79 Å². The van der Waals surface area contributed by atoms with Crippen LogP contribution < -0.4 is 15.7 Å². The number of alkyl halides is 6. The molecular formula is C20H13F6NO4. The predicted molar refractivity (Wildman–Crippen MR) is 97.6 cm³/mol. The van der Waals surface area contributed by atoms with Crippen molar-refractivity contribution in [2.75, 3.05) is 5.32 Å². The van der Waals surface area contributed by atoms with Crippen LogP contribution in [-0.4, -0.2) is 12.0 Å². The Kier molecular flexibility index (Phi) is 5.70. The van der Waals surface area contributed by atoms with Crippen LogP contribution in [0.5, 0.6) is 5.75 Å². The van der Waals surface area contributed by atoms with Crippen LogP contribution in [0.3, 0.4) is 0 Å². The Morgan fingerprint density at radius 3 is 2.19 bits per heavy atom. The van der Waals surface area contributed by atoms with Crippen LogP contribution >= 0.6 is 0 Å². The molecule has 0 saturated heterocycles. The van der Waals surface area contributed by atoms with E-state index in [9.17, 15) is 35.9 Å². The first-order chi connectivity index (χ1) is 14.3. The quantitative estimate of drug-likeness (QED) is 0.441. The van der Waals surface area contributed by atoms with E-state index in [4.69, 9.17) is 9.15 Å². The van der Waals surface area contributed by atoms with Gasteiger partial charge < -0.3 is 14.5 Å². The van der Waals surface area contributed by atoms with Crippen LogP contribution in [0.1, 0.15) is 18.1 Å². The van der Waals surface area contributed by atoms with Crippen LogP contribution in [0.25, 0.3) is 11.0 Å². The highest BCUT2D eigenvalue weighted by Crippen LogP contribution is 2.35. The Hall–Kier alpha value is -3.50. The van der Waals surface area contributed by atoms with Crippen molar-refractivity contribution in [1.82, 2.24) is 0 Å². The average molecular weight is 445 g/mol. The summed E-state index contributed by atoms with van der Waals surface area (Å²) in [7, 11) is 0. The minimum absolute atomic E-state index is 0.0509. The van der Waals surface area contributed by atoms with Gasteiger partial charge in [-0.2, -0.15) is 26.3 Å². The average Bonchev–Trinajstić information content (AvgIpc) is 2.66. The van der Waals surface area contributed by atoms with Crippen LogP contribution in [0.4, 0.5) is 32.0 Å². The summed E-state index contributed by atoms with van der Waals surface area (Å²) in [4.78, 5) is 23.7. The molecule has 1 N–H and O–H groups in total. The van der Waals surface area contributed by atoms with Crippen LogP contribution in [0.2, 0.25) is 0 Å². The molecule has 5 nitrogen and oxygen atoms in total. The molecule has 1 heterocycles. The highest BCUT2D eigenvalue weighted by atomic mass is 19.4. The number of amides is 1. The van der Waals surface area contributed by atoms with Gasteiger partial charge in [0.2, 0.25) is 0 Å². The first-order valence-electron chi connectivity index (χ1n) is 8.64. The fourth-order valence-corrected chi connectivity index (χ4v) is 2.69. The summed E-state index contributed by atoms with van der Waals surface area (Å²) in [6.45, 7) is 1.33. The first kappa shape index (κ1) is 22.2. The zero-order chi connectivity index (χ0) is 23.0. The molecule has 0 spiro atoms. The number of fused-ring (bicyclic) bond motifs is 1. The number of hydrogen-bond donors (Lipinski definition) is 1. The summed E-state index contributed by atoms with van der Waals surface area (Å²) in [6, 6.07) is 7.30. The molecule has 0 aliphatic heterocycles. The van der Waals surface area contributed by atoms with E-state index in [1.165, 1.54) is 13.0 Å². The first-order valence-corrected chi connectivity index (χ1v) is 8.64. The minimum atomic E-state index is -4.77. The number of carbonyl (C=O) groups is 1. The summed E-state index contributed by atoms with van der Waals surface area (Å²) >= 11 is 0. The number of hydrogen-bond acceptors (Lipinski definition) is 4. The van der Waals surface area contributed by atoms with E-state index in [2.05, 4.69) is 5.32 Å². The number of ether oxygens (including phenoxy) is 1. The molecule has 0 radical (unpaired) electrons. The van der Waals surface area contributed by atoms with Crippen LogP contribution in [0, 0.1) is 0 Å². The van der Waals surface area contributed by atoms with Crippen molar-refractivity contribution in [2.24, 2.45) is 0 Å². The van der Waals surface area contributed by atoms with E-state index in [0.717, 1.165) is 36.4 Å². The van der Waals surface area contributed by atoms with Crippen molar-refractivity contribution in [1.29, 1.82) is 0 Å². The molecule has 3 rings (SSSR count). The van der Waals surface area contributed by atoms with Gasteiger partial charge in [-0.3, -0.25) is 4.79 Å². The van der Waals surface area contributed by atoms with E-state index in [0.29, 0.717) is 6.07 Å². The molecule has 0 aliphatic rings. The molecule has 0 aliphatic carbocycles. The number of rotatable bonds is 4. The van der Waals surface area contributed by atoms with E-state index in [1.54, 1.807) is 0 Å². The third-order valence-electron chi connectivity index (χ3n) is 4.18. The van der Waals surface area contributed by atoms with Crippen molar-refractivity contribution in [3.8, 4) is 5.75 Å². The molecule has 1 amide bonds. The van der Waals surface area contributed by atoms with Gasteiger partial charge in [-0.1, -0.05) is 0 Å². The number of anilines is 1. The topological polar surface area (TPSA) is 68.5 Å². The van der Waals surface area contributed by atoms with E-state index >= 15 is 0 Å². The van der Waals surface area contributed by atoms with Gasteiger partial charge in [0.25, 0.3) is 5.91 Å². The second-order valence-corrected chi connectivity index (χ2v) is 6.46. The smallest absolute Gasteiger partial charge is 0.417 e. The maximum Gasteiger partial charge on any atom is 0.417 e. The second kappa shape index (κ2) is 7.97. The van der Waals surface area contributed by atoms with Crippen LogP contribution in [0.15, 0.2) is 57.7 Å². The van der Waals surface area contributed by atoms with Crippen molar-refractivity contribution in [3.63, 3.8) is 0 Å². The lowest BCUT2D eigenvalue weighted by molar-refractivity contribution is -0.138. The summed E-state index contributed by atoms with van der Waals surface area (Å²) in [5.74, 6) is -0.768. The monoisotopic (exact) mass is 445 g/mol. The van der Waals surface area contributed by atoms with Gasteiger partial charge in [0, 0.05) is 23.2 Å². The van der Waals surface area contributed by atoms with E-state index in [1.807, 2.05) is 0 Å². The molecule has 11 heteroatoms. The third kappa shape index (κ3) is 5.16. The molecule has 164 valence electrons. The lowest BCUT2D eigenvalue weighted by Gasteiger charge is -2.16. The standard InChI is InChI=1S/C20H13F6NO4/c1-10(18(29)27-12-4-2-11(3-5-12)19(21,22)23)30-13-6-7-14-15(20(24,25)26)9-17(28)31-16(14)8-13/h2-10H,1H3,(H,27,29). The Bertz CT molecular complexity index is 1170. The molecule has 2 aromatic carbocycles. The molecule has 1 unspecified atom stereocenters. The maximum atomic E-state index is 13.1. The van der Waals surface area contributed by atoms with E-state index < -0.39 is 41.1 Å². The Morgan fingerprint density at radius 1 is 0.968 bits per heavy atom. The van der Waals surface area contributed by atoms with Gasteiger partial charge in [0.15, 0.2) is 6.10 Å². The summed E-state index contributed by atoms with van der Waals surface area (Å²) < 4.78 is 87.2. The summed E-state index contributed by atoms with van der Waals surface area (Å²) in [5, 5.41) is 2.00. The highest BCUT2D eigenvalue weighted by Gasteiger charge is 2.34. The molecule has 0 saturated carbocycles. The number of halogens is 6. The summed E-state index contributed by atoms with van der Waals surface area (Å²) in [6.07, 6.45) is -10.5. The zero-order valence-corrected chi connectivity index (χ0v) is 15.6. The lowest BCUT2D eigenvalue weighted by Crippen LogP contribution is -2.30. The number of carbonyl (C=O) groups excluding carboxylic acids is 1. The molecule has 31 heavy (non-hydrogen) atoms. The van der Waals surface area contributed by atoms with Crippen molar-refractivity contribution in [3.05, 3.63) is 70.1 Å². The maximum absolute atomic E-state index is 13.1. The third-order valence-corrected chi connectivity index (χ3v) is 4.18. The normalized spacial score (nSPS) is 13.1. The van der Waals surface area contributed by atoms with Gasteiger partial charge in [-0.05, 0) is 43.3 Å². The molecular weight excluding hydrogens is 432 g/mol. The predicted octanol–water partition coefficient (Wildman–Crippen LogP) is 5.24.